The predicted octanol–water partition coefficient (Wildman–Crippen LogP) is 5.10. The lowest BCUT2D eigenvalue weighted by Crippen LogP contribution is -2.27. The maximum atomic E-state index is 12.7. The highest BCUT2D eigenvalue weighted by Crippen LogP contribution is 2.30. The number of nitrogens with one attached hydrogen (secondary N) is 1. The van der Waals surface area contributed by atoms with Gasteiger partial charge in [0.1, 0.15) is 0 Å². The van der Waals surface area contributed by atoms with E-state index < -0.39 is 0 Å². The molecule has 0 aliphatic heterocycles. The van der Waals surface area contributed by atoms with Crippen molar-refractivity contribution in [3.8, 4) is 0 Å². The largest absolute Gasteiger partial charge is 0.329 e. The van der Waals surface area contributed by atoms with Crippen LogP contribution in [0.5, 0.6) is 0 Å². The minimum atomic E-state index is -0.345. The Morgan fingerprint density at radius 2 is 2.00 bits per heavy atom. The van der Waals surface area contributed by atoms with Crippen LogP contribution >= 0.6 is 11.3 Å². The summed E-state index contributed by atoms with van der Waals surface area (Å²) >= 11 is 1.53. The number of rotatable bonds is 9. The highest BCUT2D eigenvalue weighted by atomic mass is 32.1. The van der Waals surface area contributed by atoms with Crippen molar-refractivity contribution in [1.29, 1.82) is 0 Å². The molecule has 0 spiro atoms. The number of pyridine rings is 1. The Bertz CT molecular complexity index is 840. The van der Waals surface area contributed by atoms with Gasteiger partial charge in [0.15, 0.2) is 0 Å². The molecule has 5 heteroatoms. The number of unbranched alkanes of at least 4 members (excludes halogenated alkanes) is 3. The van der Waals surface area contributed by atoms with E-state index in [0.717, 1.165) is 27.1 Å². The SMILES string of the molecule is CCCCCCc1ccc(C(CN)C(=O)Nc2cc3ccncc3s2)cc1. The van der Waals surface area contributed by atoms with Gasteiger partial charge in [0.2, 0.25) is 5.91 Å². The zero-order valence-corrected chi connectivity index (χ0v) is 16.6. The first kappa shape index (κ1) is 19.5. The van der Waals surface area contributed by atoms with Gasteiger partial charge in [-0.2, -0.15) is 0 Å². The standard InChI is InChI=1S/C22H27N3OS/c1-2-3-4-5-6-16-7-9-17(10-8-16)19(14-23)22(26)25-21-13-18-11-12-24-15-20(18)27-21/h7-13,15,19H,2-6,14,23H2,1H3,(H,25,26). The molecule has 1 aromatic carbocycles. The second-order valence-corrected chi connectivity index (χ2v) is 7.94. The fourth-order valence-corrected chi connectivity index (χ4v) is 4.15. The smallest absolute Gasteiger partial charge is 0.233 e. The number of thiophene rings is 1. The minimum Gasteiger partial charge on any atom is -0.329 e. The molecule has 0 fully saturated rings. The lowest BCUT2D eigenvalue weighted by molar-refractivity contribution is -0.117. The lowest BCUT2D eigenvalue weighted by Gasteiger charge is -2.15. The molecule has 0 saturated carbocycles. The van der Waals surface area contributed by atoms with Gasteiger partial charge in [0, 0.05) is 18.9 Å². The summed E-state index contributed by atoms with van der Waals surface area (Å²) in [5.41, 5.74) is 8.21. The quantitative estimate of drug-likeness (QED) is 0.507. The van der Waals surface area contributed by atoms with Gasteiger partial charge in [-0.1, -0.05) is 50.5 Å². The molecular formula is C22H27N3OS. The molecule has 4 nitrogen and oxygen atoms in total. The maximum absolute atomic E-state index is 12.7. The molecule has 1 atom stereocenters. The molecule has 0 saturated heterocycles. The normalized spacial score (nSPS) is 12.2. The highest BCUT2D eigenvalue weighted by Gasteiger charge is 2.20. The number of hydrogen-bond donors (Lipinski definition) is 2. The van der Waals surface area contributed by atoms with E-state index >= 15 is 0 Å². The molecule has 0 bridgehead atoms. The Labute approximate surface area is 164 Å². The Morgan fingerprint density at radius 1 is 1.19 bits per heavy atom. The van der Waals surface area contributed by atoms with Crippen molar-refractivity contribution in [1.82, 2.24) is 4.98 Å². The molecule has 0 radical (unpaired) electrons. The molecule has 2 aromatic heterocycles. The molecule has 142 valence electrons. The average Bonchev–Trinajstić information content (AvgIpc) is 3.09. The van der Waals surface area contributed by atoms with E-state index in [1.807, 2.05) is 30.5 Å². The lowest BCUT2D eigenvalue weighted by atomic mass is 9.96. The number of aryl methyl sites for hydroxylation is 1. The van der Waals surface area contributed by atoms with E-state index in [1.165, 1.54) is 42.6 Å². The number of anilines is 1. The molecule has 1 unspecified atom stereocenters. The van der Waals surface area contributed by atoms with Crippen LogP contribution in [0.25, 0.3) is 10.1 Å². The van der Waals surface area contributed by atoms with Crippen molar-refractivity contribution in [2.45, 2.75) is 44.9 Å². The van der Waals surface area contributed by atoms with E-state index in [1.54, 1.807) is 6.20 Å². The van der Waals surface area contributed by atoms with E-state index in [9.17, 15) is 4.79 Å². The number of nitrogens with zero attached hydrogens (tertiary/aromatic N) is 1. The number of aromatic nitrogens is 1. The molecule has 3 rings (SSSR count). The third-order valence-corrected chi connectivity index (χ3v) is 5.82. The summed E-state index contributed by atoms with van der Waals surface area (Å²) in [6.07, 6.45) is 9.70. The van der Waals surface area contributed by atoms with E-state index in [4.69, 9.17) is 5.73 Å². The molecule has 1 amide bonds. The molecule has 0 aliphatic carbocycles. The average molecular weight is 382 g/mol. The number of nitrogens with two attached hydrogens (primary N) is 1. The van der Waals surface area contributed by atoms with Crippen molar-refractivity contribution >= 4 is 32.3 Å². The first-order chi connectivity index (χ1) is 13.2. The van der Waals surface area contributed by atoms with Crippen LogP contribution in [0.1, 0.15) is 49.7 Å². The van der Waals surface area contributed by atoms with Gasteiger partial charge in [-0.25, -0.2) is 0 Å². The number of carbonyl (C=O) groups is 1. The van der Waals surface area contributed by atoms with Crippen LogP contribution in [0.15, 0.2) is 48.8 Å². The Balaban J connectivity index is 1.63. The van der Waals surface area contributed by atoms with Gasteiger partial charge >= 0.3 is 0 Å². The molecule has 3 aromatic rings. The minimum absolute atomic E-state index is 0.0623. The number of fused-ring (bicyclic) bond motifs is 1. The van der Waals surface area contributed by atoms with Gasteiger partial charge in [-0.05, 0) is 41.5 Å². The first-order valence-electron chi connectivity index (χ1n) is 9.64. The number of amides is 1. The van der Waals surface area contributed by atoms with Gasteiger partial charge < -0.3 is 11.1 Å². The van der Waals surface area contributed by atoms with Crippen molar-refractivity contribution < 1.29 is 4.79 Å². The van der Waals surface area contributed by atoms with Crippen LogP contribution in [0.3, 0.4) is 0 Å². The summed E-state index contributed by atoms with van der Waals surface area (Å²) in [7, 11) is 0. The third kappa shape index (κ3) is 5.15. The molecule has 2 heterocycles. The Hall–Kier alpha value is -2.24. The summed E-state index contributed by atoms with van der Waals surface area (Å²) in [4.78, 5) is 16.9. The van der Waals surface area contributed by atoms with E-state index in [-0.39, 0.29) is 18.4 Å². The van der Waals surface area contributed by atoms with E-state index in [0.29, 0.717) is 0 Å². The monoisotopic (exact) mass is 381 g/mol. The fraction of sp³-hybridized carbons (Fsp3) is 0.364. The van der Waals surface area contributed by atoms with Crippen LogP contribution in [0.4, 0.5) is 5.00 Å². The van der Waals surface area contributed by atoms with Gasteiger partial charge in [0.05, 0.1) is 15.6 Å². The van der Waals surface area contributed by atoms with Crippen molar-refractivity contribution in [2.24, 2.45) is 5.73 Å². The topological polar surface area (TPSA) is 68.0 Å². The molecular weight excluding hydrogens is 354 g/mol. The van der Waals surface area contributed by atoms with E-state index in [2.05, 4.69) is 29.4 Å². The van der Waals surface area contributed by atoms with Crippen LogP contribution in [0, 0.1) is 0 Å². The summed E-state index contributed by atoms with van der Waals surface area (Å²) < 4.78 is 1.06. The Kier molecular flexibility index (Phi) is 6.96. The van der Waals surface area contributed by atoms with Gasteiger partial charge in [-0.15, -0.1) is 11.3 Å². The molecule has 0 aliphatic rings. The van der Waals surface area contributed by atoms with Gasteiger partial charge in [0.25, 0.3) is 0 Å². The van der Waals surface area contributed by atoms with Crippen LogP contribution in [0.2, 0.25) is 0 Å². The van der Waals surface area contributed by atoms with Crippen molar-refractivity contribution in [3.05, 3.63) is 59.9 Å². The Morgan fingerprint density at radius 3 is 2.70 bits per heavy atom. The number of benzene rings is 1. The third-order valence-electron chi connectivity index (χ3n) is 4.82. The highest BCUT2D eigenvalue weighted by molar-refractivity contribution is 7.22. The molecule has 3 N–H and O–H groups in total. The number of carbonyl (C=O) groups excluding carboxylic acids is 1. The fourth-order valence-electron chi connectivity index (χ4n) is 3.22. The molecule has 27 heavy (non-hydrogen) atoms. The second kappa shape index (κ2) is 9.62. The summed E-state index contributed by atoms with van der Waals surface area (Å²) in [6, 6.07) is 12.3. The zero-order chi connectivity index (χ0) is 19.1. The van der Waals surface area contributed by atoms with Crippen LogP contribution < -0.4 is 11.1 Å². The van der Waals surface area contributed by atoms with Crippen molar-refractivity contribution in [2.75, 3.05) is 11.9 Å². The summed E-state index contributed by atoms with van der Waals surface area (Å²) in [5, 5.41) is 4.93. The number of hydrogen-bond acceptors (Lipinski definition) is 4. The van der Waals surface area contributed by atoms with Gasteiger partial charge in [-0.3, -0.25) is 9.78 Å². The summed E-state index contributed by atoms with van der Waals surface area (Å²) in [5.74, 6) is -0.407. The summed E-state index contributed by atoms with van der Waals surface area (Å²) in [6.45, 7) is 2.51. The predicted molar refractivity (Wildman–Crippen MR) is 114 cm³/mol. The first-order valence-corrected chi connectivity index (χ1v) is 10.5. The van der Waals surface area contributed by atoms with Crippen LogP contribution in [-0.2, 0) is 11.2 Å². The zero-order valence-electron chi connectivity index (χ0n) is 15.8. The van der Waals surface area contributed by atoms with Crippen LogP contribution in [-0.4, -0.2) is 17.4 Å². The second-order valence-electron chi connectivity index (χ2n) is 6.85. The van der Waals surface area contributed by atoms with Crippen molar-refractivity contribution in [3.63, 3.8) is 0 Å². The maximum Gasteiger partial charge on any atom is 0.233 e.